The first-order valence-corrected chi connectivity index (χ1v) is 7.59. The third-order valence-corrected chi connectivity index (χ3v) is 4.24. The number of hydrogen-bond acceptors (Lipinski definition) is 5. The molecule has 3 aliphatic rings. The highest BCUT2D eigenvalue weighted by Crippen LogP contribution is 2.32. The van der Waals surface area contributed by atoms with E-state index in [0.29, 0.717) is 17.7 Å². The number of hydrogen-bond donors (Lipinski definition) is 0. The van der Waals surface area contributed by atoms with Gasteiger partial charge in [0, 0.05) is 0 Å². The van der Waals surface area contributed by atoms with Crippen LogP contribution in [-0.4, -0.2) is 47.5 Å². The number of ether oxygens (including phenoxy) is 3. The maximum absolute atomic E-state index is 12.5. The van der Waals surface area contributed by atoms with E-state index in [4.69, 9.17) is 14.2 Å². The van der Waals surface area contributed by atoms with Gasteiger partial charge in [0.2, 0.25) is 0 Å². The summed E-state index contributed by atoms with van der Waals surface area (Å²) in [5.41, 5.74) is 0.822. The van der Waals surface area contributed by atoms with E-state index in [9.17, 15) is 9.59 Å². The minimum absolute atomic E-state index is 0.245. The van der Waals surface area contributed by atoms with E-state index in [1.807, 2.05) is 19.9 Å². The van der Waals surface area contributed by atoms with Gasteiger partial charge in [-0.25, -0.2) is 4.90 Å². The molecule has 0 unspecified atom stereocenters. The van der Waals surface area contributed by atoms with E-state index in [1.54, 1.807) is 30.3 Å². The highest BCUT2D eigenvalue weighted by Gasteiger charge is 2.45. The molecule has 2 amide bonds. The van der Waals surface area contributed by atoms with Gasteiger partial charge in [-0.1, -0.05) is 18.2 Å². The average Bonchev–Trinajstić information content (AvgIpc) is 2.78. The Morgan fingerprint density at radius 3 is 2.39 bits per heavy atom. The SMILES string of the molecule is CC1(C)OC[C@H]2O[C@@H](N3C(=O)c4ccccc4C3=O)C=C[C@@H]2O1. The number of benzene rings is 1. The third kappa shape index (κ3) is 2.30. The molecule has 4 rings (SSSR count). The molecule has 1 aromatic rings. The predicted octanol–water partition coefficient (Wildman–Crippen LogP) is 1.72. The van der Waals surface area contributed by atoms with Gasteiger partial charge >= 0.3 is 0 Å². The number of fused-ring (bicyclic) bond motifs is 2. The molecule has 0 saturated carbocycles. The summed E-state index contributed by atoms with van der Waals surface area (Å²) in [4.78, 5) is 26.1. The van der Waals surface area contributed by atoms with E-state index in [1.165, 1.54) is 0 Å². The Morgan fingerprint density at radius 1 is 1.09 bits per heavy atom. The summed E-state index contributed by atoms with van der Waals surface area (Å²) >= 11 is 0. The highest BCUT2D eigenvalue weighted by atomic mass is 16.7. The van der Waals surface area contributed by atoms with E-state index in [2.05, 4.69) is 0 Å². The van der Waals surface area contributed by atoms with Crippen molar-refractivity contribution in [2.24, 2.45) is 0 Å². The van der Waals surface area contributed by atoms with Gasteiger partial charge in [0.15, 0.2) is 12.0 Å². The van der Waals surface area contributed by atoms with Crippen LogP contribution in [0.25, 0.3) is 0 Å². The quantitative estimate of drug-likeness (QED) is 0.583. The second-order valence-electron chi connectivity index (χ2n) is 6.27. The summed E-state index contributed by atoms with van der Waals surface area (Å²) in [7, 11) is 0. The molecule has 0 aliphatic carbocycles. The largest absolute Gasteiger partial charge is 0.348 e. The molecule has 23 heavy (non-hydrogen) atoms. The number of nitrogens with zero attached hydrogens (tertiary/aromatic N) is 1. The summed E-state index contributed by atoms with van der Waals surface area (Å²) in [5, 5.41) is 0. The lowest BCUT2D eigenvalue weighted by molar-refractivity contribution is -0.309. The van der Waals surface area contributed by atoms with Crippen LogP contribution in [0.3, 0.4) is 0 Å². The molecule has 3 aliphatic heterocycles. The van der Waals surface area contributed by atoms with Crippen LogP contribution < -0.4 is 0 Å². The molecule has 3 atom stereocenters. The maximum atomic E-state index is 12.5. The summed E-state index contributed by atoms with van der Waals surface area (Å²) in [6, 6.07) is 6.79. The third-order valence-electron chi connectivity index (χ3n) is 4.24. The van der Waals surface area contributed by atoms with Crippen LogP contribution in [0.1, 0.15) is 34.6 Å². The molecule has 0 bridgehead atoms. The fraction of sp³-hybridized carbons (Fsp3) is 0.412. The standard InChI is InChI=1S/C17H17NO5/c1-17(2)21-9-13-12(23-17)7-8-14(22-13)18-15(19)10-5-3-4-6-11(10)16(18)20/h3-8,12-14H,9H2,1-2H3/t12-,13+,14+/m0/s1. The van der Waals surface area contributed by atoms with E-state index < -0.39 is 12.0 Å². The monoisotopic (exact) mass is 315 g/mol. The summed E-state index contributed by atoms with van der Waals surface area (Å²) < 4.78 is 17.3. The van der Waals surface area contributed by atoms with Crippen molar-refractivity contribution in [1.29, 1.82) is 0 Å². The summed E-state index contributed by atoms with van der Waals surface area (Å²) in [6.45, 7) is 4.03. The number of imide groups is 1. The molecular weight excluding hydrogens is 298 g/mol. The fourth-order valence-electron chi connectivity index (χ4n) is 3.11. The van der Waals surface area contributed by atoms with Crippen LogP contribution in [0.15, 0.2) is 36.4 Å². The Kier molecular flexibility index (Phi) is 3.16. The molecule has 0 radical (unpaired) electrons. The molecule has 0 spiro atoms. The Hall–Kier alpha value is -2.02. The van der Waals surface area contributed by atoms with Crippen molar-refractivity contribution in [3.63, 3.8) is 0 Å². The molecular formula is C17H17NO5. The van der Waals surface area contributed by atoms with E-state index in [-0.39, 0.29) is 24.0 Å². The molecule has 1 aromatic carbocycles. The number of carbonyl (C=O) groups is 2. The number of carbonyl (C=O) groups excluding carboxylic acids is 2. The second-order valence-corrected chi connectivity index (χ2v) is 6.27. The van der Waals surface area contributed by atoms with Gasteiger partial charge in [-0.05, 0) is 32.1 Å². The van der Waals surface area contributed by atoms with Gasteiger partial charge in [-0.3, -0.25) is 9.59 Å². The number of rotatable bonds is 1. The second kappa shape index (κ2) is 4.99. The van der Waals surface area contributed by atoms with Crippen molar-refractivity contribution in [3.8, 4) is 0 Å². The van der Waals surface area contributed by atoms with Gasteiger partial charge in [0.25, 0.3) is 11.8 Å². The van der Waals surface area contributed by atoms with Gasteiger partial charge in [-0.15, -0.1) is 0 Å². The van der Waals surface area contributed by atoms with E-state index in [0.717, 1.165) is 4.90 Å². The lowest BCUT2D eigenvalue weighted by atomic mass is 10.1. The molecule has 3 heterocycles. The molecule has 0 N–H and O–H groups in total. The lowest BCUT2D eigenvalue weighted by Crippen LogP contribution is -2.54. The van der Waals surface area contributed by atoms with Gasteiger partial charge in [-0.2, -0.15) is 0 Å². The Balaban J connectivity index is 1.59. The molecule has 0 aromatic heterocycles. The minimum Gasteiger partial charge on any atom is -0.348 e. The van der Waals surface area contributed by atoms with Gasteiger partial charge in [0.05, 0.1) is 17.7 Å². The van der Waals surface area contributed by atoms with Crippen LogP contribution in [0.2, 0.25) is 0 Å². The first kappa shape index (κ1) is 14.6. The van der Waals surface area contributed by atoms with Crippen molar-refractivity contribution in [2.75, 3.05) is 6.61 Å². The first-order chi connectivity index (χ1) is 11.0. The summed E-state index contributed by atoms with van der Waals surface area (Å²) in [6.07, 6.45) is 2.21. The molecule has 1 fully saturated rings. The Labute approximate surface area is 133 Å². The van der Waals surface area contributed by atoms with Crippen LogP contribution in [0, 0.1) is 0 Å². The maximum Gasteiger partial charge on any atom is 0.263 e. The summed E-state index contributed by atoms with van der Waals surface area (Å²) in [5.74, 6) is -1.34. The highest BCUT2D eigenvalue weighted by molar-refractivity contribution is 6.21. The Bertz CT molecular complexity index is 676. The van der Waals surface area contributed by atoms with Crippen molar-refractivity contribution in [3.05, 3.63) is 47.5 Å². The molecule has 6 heteroatoms. The van der Waals surface area contributed by atoms with Crippen molar-refractivity contribution < 1.29 is 23.8 Å². The van der Waals surface area contributed by atoms with Gasteiger partial charge in [0.1, 0.15) is 12.2 Å². The topological polar surface area (TPSA) is 65.1 Å². The lowest BCUT2D eigenvalue weighted by Gasteiger charge is -2.43. The smallest absolute Gasteiger partial charge is 0.263 e. The van der Waals surface area contributed by atoms with Crippen LogP contribution in [-0.2, 0) is 14.2 Å². The average molecular weight is 315 g/mol. The molecule has 6 nitrogen and oxygen atoms in total. The van der Waals surface area contributed by atoms with Gasteiger partial charge < -0.3 is 14.2 Å². The number of amides is 2. The van der Waals surface area contributed by atoms with E-state index >= 15 is 0 Å². The van der Waals surface area contributed by atoms with Crippen molar-refractivity contribution in [1.82, 2.24) is 4.90 Å². The van der Waals surface area contributed by atoms with Crippen LogP contribution >= 0.6 is 0 Å². The van der Waals surface area contributed by atoms with Crippen LogP contribution in [0.5, 0.6) is 0 Å². The zero-order valence-corrected chi connectivity index (χ0v) is 12.9. The zero-order chi connectivity index (χ0) is 16.2. The molecule has 1 saturated heterocycles. The van der Waals surface area contributed by atoms with Crippen molar-refractivity contribution >= 4 is 11.8 Å². The fourth-order valence-corrected chi connectivity index (χ4v) is 3.11. The zero-order valence-electron chi connectivity index (χ0n) is 12.9. The van der Waals surface area contributed by atoms with Crippen LogP contribution in [0.4, 0.5) is 0 Å². The Morgan fingerprint density at radius 2 is 1.74 bits per heavy atom. The normalized spacial score (nSPS) is 31.9. The predicted molar refractivity (Wildman–Crippen MR) is 79.6 cm³/mol. The minimum atomic E-state index is -0.739. The van der Waals surface area contributed by atoms with Crippen molar-refractivity contribution in [2.45, 2.75) is 38.1 Å². The first-order valence-electron chi connectivity index (χ1n) is 7.59. The molecule has 120 valence electrons.